The fourth-order valence-electron chi connectivity index (χ4n) is 1.60. The highest BCUT2D eigenvalue weighted by Gasteiger charge is 2.06. The van der Waals surface area contributed by atoms with E-state index in [4.69, 9.17) is 5.73 Å². The van der Waals surface area contributed by atoms with Crippen LogP contribution >= 0.6 is 0 Å². The van der Waals surface area contributed by atoms with Gasteiger partial charge in [0.2, 0.25) is 0 Å². The van der Waals surface area contributed by atoms with Crippen LogP contribution in [-0.4, -0.2) is 39.0 Å². The first-order chi connectivity index (χ1) is 9.69. The minimum absolute atomic E-state index is 0.224. The number of hydrogen-bond acceptors (Lipinski definition) is 6. The lowest BCUT2D eigenvalue weighted by Crippen LogP contribution is -2.24. The second kappa shape index (κ2) is 6.50. The molecule has 0 radical (unpaired) electrons. The van der Waals surface area contributed by atoms with Gasteiger partial charge in [-0.1, -0.05) is 0 Å². The fourth-order valence-corrected chi connectivity index (χ4v) is 1.60. The van der Waals surface area contributed by atoms with Gasteiger partial charge in [0, 0.05) is 19.3 Å². The normalized spacial score (nSPS) is 10.2. The summed E-state index contributed by atoms with van der Waals surface area (Å²) in [7, 11) is 0. The largest absolute Gasteiger partial charge is 0.396 e. The number of nitrogens with two attached hydrogens (primary N) is 1. The van der Waals surface area contributed by atoms with Crippen molar-refractivity contribution in [3.05, 3.63) is 30.2 Å². The van der Waals surface area contributed by atoms with Gasteiger partial charge in [-0.2, -0.15) is 5.10 Å². The van der Waals surface area contributed by atoms with Crippen molar-refractivity contribution in [3.8, 4) is 0 Å². The van der Waals surface area contributed by atoms with Crippen LogP contribution in [0.1, 0.15) is 17.4 Å². The molecule has 0 spiro atoms. The van der Waals surface area contributed by atoms with Crippen LogP contribution in [0, 0.1) is 0 Å². The summed E-state index contributed by atoms with van der Waals surface area (Å²) in [5, 5.41) is 17.6. The second-order valence-corrected chi connectivity index (χ2v) is 4.13. The molecular formula is C12H17N7O. The van der Waals surface area contributed by atoms with Crippen molar-refractivity contribution in [1.82, 2.24) is 25.3 Å². The van der Waals surface area contributed by atoms with E-state index in [0.717, 1.165) is 0 Å². The van der Waals surface area contributed by atoms with Gasteiger partial charge in [0.15, 0.2) is 5.69 Å². The van der Waals surface area contributed by atoms with Crippen LogP contribution in [0.2, 0.25) is 0 Å². The number of nitrogens with one attached hydrogen (secondary N) is 2. The van der Waals surface area contributed by atoms with Crippen molar-refractivity contribution < 1.29 is 4.79 Å². The summed E-state index contributed by atoms with van der Waals surface area (Å²) in [4.78, 5) is 11.5. The molecule has 2 aromatic heterocycles. The summed E-state index contributed by atoms with van der Waals surface area (Å²) < 4.78 is 1.73. The second-order valence-electron chi connectivity index (χ2n) is 4.13. The van der Waals surface area contributed by atoms with Crippen molar-refractivity contribution in [1.29, 1.82) is 0 Å². The van der Waals surface area contributed by atoms with Crippen LogP contribution in [0.5, 0.6) is 0 Å². The maximum absolute atomic E-state index is 11.5. The number of carbonyl (C=O) groups excluding carboxylic acids is 1. The highest BCUT2D eigenvalue weighted by atomic mass is 16.1. The van der Waals surface area contributed by atoms with Crippen molar-refractivity contribution in [2.24, 2.45) is 0 Å². The fraction of sp³-hybridized carbons (Fsp3) is 0.333. The topological polar surface area (TPSA) is 111 Å². The molecule has 4 N–H and O–H groups in total. The van der Waals surface area contributed by atoms with Gasteiger partial charge in [-0.05, 0) is 19.1 Å². The first-order valence-corrected chi connectivity index (χ1v) is 6.32. The predicted molar refractivity (Wildman–Crippen MR) is 75.2 cm³/mol. The molecule has 20 heavy (non-hydrogen) atoms. The summed E-state index contributed by atoms with van der Waals surface area (Å²) in [6.45, 7) is 3.71. The summed E-state index contributed by atoms with van der Waals surface area (Å²) in [6.07, 6.45) is 3.35. The third-order valence-electron chi connectivity index (χ3n) is 2.53. The molecule has 0 saturated heterocycles. The van der Waals surface area contributed by atoms with Gasteiger partial charge in [-0.3, -0.25) is 9.48 Å². The van der Waals surface area contributed by atoms with Gasteiger partial charge >= 0.3 is 0 Å². The Hall–Kier alpha value is -2.64. The van der Waals surface area contributed by atoms with E-state index in [0.29, 0.717) is 36.8 Å². The number of amides is 1. The van der Waals surface area contributed by atoms with Crippen molar-refractivity contribution >= 4 is 17.4 Å². The minimum Gasteiger partial charge on any atom is -0.396 e. The van der Waals surface area contributed by atoms with Gasteiger partial charge in [0.25, 0.3) is 5.91 Å². The number of carbonyl (C=O) groups is 1. The maximum Gasteiger partial charge on any atom is 0.271 e. The molecule has 0 aromatic carbocycles. The van der Waals surface area contributed by atoms with Gasteiger partial charge in [-0.25, -0.2) is 0 Å². The Morgan fingerprint density at radius 2 is 2.25 bits per heavy atom. The molecule has 0 saturated carbocycles. The van der Waals surface area contributed by atoms with E-state index >= 15 is 0 Å². The van der Waals surface area contributed by atoms with Crippen LogP contribution in [0.4, 0.5) is 11.5 Å². The number of nitrogens with zero attached hydrogens (tertiary/aromatic N) is 4. The zero-order valence-electron chi connectivity index (χ0n) is 11.2. The Kier molecular flexibility index (Phi) is 4.48. The minimum atomic E-state index is -0.224. The number of hydrogen-bond donors (Lipinski definition) is 3. The van der Waals surface area contributed by atoms with E-state index in [9.17, 15) is 4.79 Å². The van der Waals surface area contributed by atoms with Gasteiger partial charge in [0.05, 0.1) is 18.4 Å². The monoisotopic (exact) mass is 275 g/mol. The van der Waals surface area contributed by atoms with Gasteiger partial charge < -0.3 is 16.4 Å². The Labute approximate surface area is 116 Å². The van der Waals surface area contributed by atoms with Gasteiger partial charge in [0.1, 0.15) is 5.82 Å². The molecule has 8 nitrogen and oxygen atoms in total. The average molecular weight is 275 g/mol. The lowest BCUT2D eigenvalue weighted by atomic mass is 10.3. The van der Waals surface area contributed by atoms with Crippen LogP contribution in [0.25, 0.3) is 0 Å². The summed E-state index contributed by atoms with van der Waals surface area (Å²) in [6, 6.07) is 3.35. The van der Waals surface area contributed by atoms with E-state index in [1.165, 1.54) is 0 Å². The van der Waals surface area contributed by atoms with E-state index < -0.39 is 0 Å². The first kappa shape index (κ1) is 13.8. The van der Waals surface area contributed by atoms with E-state index in [-0.39, 0.29) is 5.91 Å². The highest BCUT2D eigenvalue weighted by Crippen LogP contribution is 2.02. The first-order valence-electron chi connectivity index (χ1n) is 6.32. The highest BCUT2D eigenvalue weighted by molar-refractivity contribution is 5.92. The molecule has 8 heteroatoms. The molecule has 2 aromatic rings. The Balaban J connectivity index is 1.83. The number of aromatic nitrogens is 4. The third kappa shape index (κ3) is 3.67. The predicted octanol–water partition coefficient (Wildman–Crippen LogP) is 0.117. The van der Waals surface area contributed by atoms with Crippen LogP contribution < -0.4 is 16.4 Å². The van der Waals surface area contributed by atoms with Crippen LogP contribution in [0.3, 0.4) is 0 Å². The lowest BCUT2D eigenvalue weighted by Gasteiger charge is -2.06. The molecular weight excluding hydrogens is 258 g/mol. The van der Waals surface area contributed by atoms with Crippen molar-refractivity contribution in [2.75, 3.05) is 24.1 Å². The van der Waals surface area contributed by atoms with Gasteiger partial charge in [-0.15, -0.1) is 10.2 Å². The molecule has 0 aliphatic rings. The number of anilines is 2. The summed E-state index contributed by atoms with van der Waals surface area (Å²) >= 11 is 0. The summed E-state index contributed by atoms with van der Waals surface area (Å²) in [5.41, 5.74) is 6.51. The third-order valence-corrected chi connectivity index (χ3v) is 2.53. The zero-order valence-corrected chi connectivity index (χ0v) is 11.2. The van der Waals surface area contributed by atoms with Crippen molar-refractivity contribution in [2.45, 2.75) is 13.5 Å². The molecule has 0 bridgehead atoms. The number of nitrogen functional groups attached to an aromatic ring is 1. The molecule has 1 amide bonds. The van der Waals surface area contributed by atoms with Crippen LogP contribution in [-0.2, 0) is 6.54 Å². The lowest BCUT2D eigenvalue weighted by molar-refractivity contribution is 0.0950. The maximum atomic E-state index is 11.5. The molecule has 0 aliphatic carbocycles. The quantitative estimate of drug-likeness (QED) is 0.690. The Morgan fingerprint density at radius 1 is 1.40 bits per heavy atom. The zero-order chi connectivity index (χ0) is 14.4. The molecule has 0 aliphatic heterocycles. The Bertz CT molecular complexity index is 563. The van der Waals surface area contributed by atoms with E-state index in [1.807, 2.05) is 6.92 Å². The molecule has 2 heterocycles. The number of rotatable bonds is 6. The SMILES string of the molecule is CCNC(=O)c1ccc(NCCn2cc(N)cn2)nn1. The average Bonchev–Trinajstić information content (AvgIpc) is 2.85. The molecule has 0 atom stereocenters. The standard InChI is InChI=1S/C12H17N7O/c1-2-14-12(20)10-3-4-11(18-17-10)15-5-6-19-8-9(13)7-16-19/h3-4,7-8H,2,5-6,13H2,1H3,(H,14,20)(H,15,18). The molecule has 0 fully saturated rings. The molecule has 0 unspecified atom stereocenters. The Morgan fingerprint density at radius 3 is 2.85 bits per heavy atom. The summed E-state index contributed by atoms with van der Waals surface area (Å²) in [5.74, 6) is 0.386. The van der Waals surface area contributed by atoms with E-state index in [1.54, 1.807) is 29.2 Å². The van der Waals surface area contributed by atoms with Crippen LogP contribution in [0.15, 0.2) is 24.5 Å². The molecule has 106 valence electrons. The van der Waals surface area contributed by atoms with Crippen molar-refractivity contribution in [3.63, 3.8) is 0 Å². The molecule has 2 rings (SSSR count). The smallest absolute Gasteiger partial charge is 0.271 e. The van der Waals surface area contributed by atoms with E-state index in [2.05, 4.69) is 25.9 Å².